The number of furan rings is 1. The maximum absolute atomic E-state index is 12.5. The minimum absolute atomic E-state index is 0.268. The molecule has 1 aliphatic rings. The number of carbonyl (C=O) groups is 3. The smallest absolute Gasteiger partial charge is 0.330 e. The second kappa shape index (κ2) is 7.97. The van der Waals surface area contributed by atoms with Crippen LogP contribution >= 0.6 is 23.4 Å². The van der Waals surface area contributed by atoms with Gasteiger partial charge in [0.25, 0.3) is 0 Å². The Labute approximate surface area is 159 Å². The topological polar surface area (TPSA) is 76.8 Å². The lowest BCUT2D eigenvalue weighted by Gasteiger charge is -2.25. The summed E-state index contributed by atoms with van der Waals surface area (Å²) in [6, 6.07) is 9.26. The third kappa shape index (κ3) is 3.78. The number of hydrogen-bond donors (Lipinski definition) is 0. The molecule has 6 nitrogen and oxygen atoms in total. The fraction of sp³-hybridized carbons (Fsp3) is 0.278. The number of Topliss-reactive ketones (excluding diaryl/α,β-unsaturated/α-hetero) is 1. The summed E-state index contributed by atoms with van der Waals surface area (Å²) in [4.78, 5) is 38.1. The second-order valence-electron chi connectivity index (χ2n) is 5.65. The fourth-order valence-corrected chi connectivity index (χ4v) is 4.38. The molecule has 1 amide bonds. The van der Waals surface area contributed by atoms with E-state index in [1.165, 1.54) is 29.8 Å². The predicted molar refractivity (Wildman–Crippen MR) is 97.0 cm³/mol. The molecule has 0 spiro atoms. The van der Waals surface area contributed by atoms with Gasteiger partial charge in [0.05, 0.1) is 11.3 Å². The average Bonchev–Trinajstić information content (AvgIpc) is 3.28. The van der Waals surface area contributed by atoms with Crippen molar-refractivity contribution in [3.63, 3.8) is 0 Å². The first-order chi connectivity index (χ1) is 12.5. The first kappa shape index (κ1) is 18.5. The lowest BCUT2D eigenvalue weighted by Crippen LogP contribution is -2.43. The number of rotatable bonds is 5. The molecule has 0 unspecified atom stereocenters. The Hall–Kier alpha value is -2.25. The Kier molecular flexibility index (Phi) is 5.68. The molecule has 2 heterocycles. The van der Waals surface area contributed by atoms with E-state index >= 15 is 0 Å². The number of benzene rings is 1. The number of ketones is 1. The largest absolute Gasteiger partial charge is 0.466 e. The first-order valence-electron chi connectivity index (χ1n) is 7.87. The number of halogens is 1. The van der Waals surface area contributed by atoms with Gasteiger partial charge in [-0.25, -0.2) is 4.79 Å². The molecule has 1 saturated heterocycles. The number of amides is 1. The third-order valence-corrected chi connectivity index (χ3v) is 5.56. The fourth-order valence-electron chi connectivity index (χ4n) is 2.72. The molecule has 0 saturated carbocycles. The number of nitrogens with zero attached hydrogens (tertiary/aromatic N) is 1. The lowest BCUT2D eigenvalue weighted by molar-refractivity contribution is -0.152. The second-order valence-corrected chi connectivity index (χ2v) is 7.17. The van der Waals surface area contributed by atoms with Crippen LogP contribution in [0.5, 0.6) is 0 Å². The van der Waals surface area contributed by atoms with Crippen LogP contribution in [0.2, 0.25) is 5.02 Å². The summed E-state index contributed by atoms with van der Waals surface area (Å²) in [5.74, 6) is -0.332. The average molecular weight is 394 g/mol. The molecule has 26 heavy (non-hydrogen) atoms. The van der Waals surface area contributed by atoms with Crippen LogP contribution in [0.4, 0.5) is 0 Å². The molecule has 0 bridgehead atoms. The molecule has 1 aromatic heterocycles. The van der Waals surface area contributed by atoms with E-state index in [4.69, 9.17) is 20.8 Å². The van der Waals surface area contributed by atoms with Gasteiger partial charge in [-0.05, 0) is 24.3 Å². The highest BCUT2D eigenvalue weighted by molar-refractivity contribution is 7.99. The van der Waals surface area contributed by atoms with Crippen molar-refractivity contribution >= 4 is 41.0 Å². The lowest BCUT2D eigenvalue weighted by atomic mass is 10.1. The van der Waals surface area contributed by atoms with Gasteiger partial charge in [-0.2, -0.15) is 0 Å². The molecule has 3 rings (SSSR count). The van der Waals surface area contributed by atoms with E-state index in [2.05, 4.69) is 0 Å². The Morgan fingerprint density at radius 2 is 2.04 bits per heavy atom. The van der Waals surface area contributed by atoms with Crippen molar-refractivity contribution in [1.29, 1.82) is 0 Å². The van der Waals surface area contributed by atoms with Gasteiger partial charge in [0, 0.05) is 18.2 Å². The monoisotopic (exact) mass is 393 g/mol. The normalized spacial score (nSPS) is 19.4. The van der Waals surface area contributed by atoms with Crippen LogP contribution in [0.1, 0.15) is 28.4 Å². The van der Waals surface area contributed by atoms with E-state index < -0.39 is 24.4 Å². The highest BCUT2D eigenvalue weighted by Gasteiger charge is 2.43. The van der Waals surface area contributed by atoms with Gasteiger partial charge in [0.2, 0.25) is 11.7 Å². The van der Waals surface area contributed by atoms with Crippen molar-refractivity contribution in [2.75, 3.05) is 12.4 Å². The van der Waals surface area contributed by atoms with Crippen molar-refractivity contribution in [3.8, 4) is 0 Å². The number of carbonyl (C=O) groups excluding carboxylic acids is 3. The van der Waals surface area contributed by atoms with Gasteiger partial charge in [0.1, 0.15) is 17.2 Å². The van der Waals surface area contributed by atoms with E-state index in [-0.39, 0.29) is 11.3 Å². The molecule has 2 atom stereocenters. The molecule has 0 N–H and O–H groups in total. The van der Waals surface area contributed by atoms with Crippen LogP contribution in [0.15, 0.2) is 47.1 Å². The van der Waals surface area contributed by atoms with E-state index in [9.17, 15) is 14.4 Å². The number of thioether (sulfide) groups is 1. The predicted octanol–water partition coefficient (Wildman–Crippen LogP) is 3.32. The molecule has 136 valence electrons. The Bertz CT molecular complexity index is 823. The Morgan fingerprint density at radius 3 is 2.69 bits per heavy atom. The molecule has 1 fully saturated rings. The summed E-state index contributed by atoms with van der Waals surface area (Å²) in [5.41, 5.74) is 0.291. The van der Waals surface area contributed by atoms with E-state index in [0.29, 0.717) is 22.1 Å². The van der Waals surface area contributed by atoms with E-state index in [1.54, 1.807) is 36.4 Å². The van der Waals surface area contributed by atoms with Crippen molar-refractivity contribution < 1.29 is 23.5 Å². The molecule has 0 aliphatic carbocycles. The molecular weight excluding hydrogens is 378 g/mol. The Morgan fingerprint density at radius 1 is 1.27 bits per heavy atom. The van der Waals surface area contributed by atoms with Gasteiger partial charge in [-0.1, -0.05) is 23.7 Å². The highest BCUT2D eigenvalue weighted by Crippen LogP contribution is 2.41. The maximum Gasteiger partial charge on any atom is 0.330 e. The van der Waals surface area contributed by atoms with Crippen LogP contribution < -0.4 is 0 Å². The molecular formula is C18H16ClNO5S. The SMILES string of the molecule is CC(=O)N1[C@@H](C(=O)OCC(=O)c2ccccc2Cl)CS[C@H]1c1ccco1. The van der Waals surface area contributed by atoms with Crippen molar-refractivity contribution in [2.45, 2.75) is 18.3 Å². The molecule has 1 aliphatic heterocycles. The van der Waals surface area contributed by atoms with Crippen LogP contribution in [0.25, 0.3) is 0 Å². The van der Waals surface area contributed by atoms with Crippen molar-refractivity contribution in [1.82, 2.24) is 4.90 Å². The zero-order valence-corrected chi connectivity index (χ0v) is 15.5. The van der Waals surface area contributed by atoms with Crippen LogP contribution in [-0.2, 0) is 14.3 Å². The van der Waals surface area contributed by atoms with Gasteiger partial charge < -0.3 is 14.1 Å². The Balaban J connectivity index is 1.66. The minimum Gasteiger partial charge on any atom is -0.466 e. The quantitative estimate of drug-likeness (QED) is 0.573. The van der Waals surface area contributed by atoms with Crippen LogP contribution in [0.3, 0.4) is 0 Å². The zero-order valence-electron chi connectivity index (χ0n) is 13.9. The van der Waals surface area contributed by atoms with Gasteiger partial charge in [-0.3, -0.25) is 9.59 Å². The number of ether oxygens (including phenoxy) is 1. The number of hydrogen-bond acceptors (Lipinski definition) is 6. The molecule has 0 radical (unpaired) electrons. The summed E-state index contributed by atoms with van der Waals surface area (Å²) < 4.78 is 10.5. The summed E-state index contributed by atoms with van der Waals surface area (Å²) >= 11 is 7.39. The number of esters is 1. The van der Waals surface area contributed by atoms with E-state index in [1.807, 2.05) is 0 Å². The summed E-state index contributed by atoms with van der Waals surface area (Å²) in [6.07, 6.45) is 1.52. The molecule has 8 heteroatoms. The first-order valence-corrected chi connectivity index (χ1v) is 9.30. The molecule has 2 aromatic rings. The van der Waals surface area contributed by atoms with Crippen molar-refractivity contribution in [2.24, 2.45) is 0 Å². The minimum atomic E-state index is -0.772. The zero-order chi connectivity index (χ0) is 18.7. The molecule has 1 aromatic carbocycles. The van der Waals surface area contributed by atoms with Gasteiger partial charge in [0.15, 0.2) is 6.61 Å². The van der Waals surface area contributed by atoms with Gasteiger partial charge >= 0.3 is 5.97 Å². The van der Waals surface area contributed by atoms with Crippen molar-refractivity contribution in [3.05, 3.63) is 59.0 Å². The third-order valence-electron chi connectivity index (χ3n) is 3.94. The summed E-state index contributed by atoms with van der Waals surface area (Å²) in [5, 5.41) is -0.0902. The van der Waals surface area contributed by atoms with E-state index in [0.717, 1.165) is 0 Å². The maximum atomic E-state index is 12.5. The summed E-state index contributed by atoms with van der Waals surface area (Å²) in [6.45, 7) is 0.956. The summed E-state index contributed by atoms with van der Waals surface area (Å²) in [7, 11) is 0. The van der Waals surface area contributed by atoms with Crippen LogP contribution in [-0.4, -0.2) is 41.0 Å². The highest BCUT2D eigenvalue weighted by atomic mass is 35.5. The standard InChI is InChI=1S/C18H16ClNO5S/c1-11(21)20-14(10-26-17(20)16-7-4-8-24-16)18(23)25-9-15(22)12-5-2-3-6-13(12)19/h2-8,14,17H,9-10H2,1H3/t14-,17+/m1/s1. The van der Waals surface area contributed by atoms with Gasteiger partial charge in [-0.15, -0.1) is 11.8 Å². The van der Waals surface area contributed by atoms with Crippen LogP contribution in [0, 0.1) is 0 Å².